The van der Waals surface area contributed by atoms with E-state index in [1.165, 1.54) is 22.3 Å². The Labute approximate surface area is 381 Å². The largest absolute Gasteiger partial charge is 0.458 e. The van der Waals surface area contributed by atoms with Gasteiger partial charge in [0.2, 0.25) is 5.78 Å². The van der Waals surface area contributed by atoms with Crippen molar-refractivity contribution in [1.29, 1.82) is 0 Å². The summed E-state index contributed by atoms with van der Waals surface area (Å²) in [7, 11) is 0. The minimum absolute atomic E-state index is 0.184. The summed E-state index contributed by atoms with van der Waals surface area (Å²) in [5.74, 6) is 3.03. The number of rotatable bonds is 7. The van der Waals surface area contributed by atoms with Crippen LogP contribution in [0.2, 0.25) is 0 Å². The van der Waals surface area contributed by atoms with E-state index < -0.39 is 0 Å². The zero-order chi connectivity index (χ0) is 44.1. The molecule has 1 aliphatic rings. The average molecular weight is 851 g/mol. The molecule has 0 fully saturated rings. The second kappa shape index (κ2) is 14.5. The Hall–Kier alpha value is -8.55. The molecule has 0 unspecified atom stereocenters. The molecular formula is C59H42N6O. The lowest BCUT2D eigenvalue weighted by Crippen LogP contribution is -2.31. The fraction of sp³-hybridized carbons (Fsp3) is 0.0678. The first kappa shape index (κ1) is 38.0. The first-order chi connectivity index (χ1) is 32.4. The summed E-state index contributed by atoms with van der Waals surface area (Å²) in [6.45, 7) is 6.73. The molecule has 0 atom stereocenters. The third-order valence-electron chi connectivity index (χ3n) is 13.5. The Morgan fingerprint density at radius 3 is 2.02 bits per heavy atom. The predicted octanol–water partition coefficient (Wildman–Crippen LogP) is 13.6. The van der Waals surface area contributed by atoms with Crippen LogP contribution in [0.15, 0.2) is 200 Å². The van der Waals surface area contributed by atoms with Crippen LogP contribution in [0.1, 0.15) is 30.5 Å². The van der Waals surface area contributed by atoms with Crippen LogP contribution in [-0.4, -0.2) is 23.5 Å². The molecule has 7 nitrogen and oxygen atoms in total. The molecule has 0 saturated heterocycles. The van der Waals surface area contributed by atoms with Gasteiger partial charge in [-0.15, -0.1) is 0 Å². The number of benzene rings is 8. The number of aromatic nitrogens is 6. The fourth-order valence-corrected chi connectivity index (χ4v) is 10.3. The quantitative estimate of drug-likeness (QED) is 0.119. The van der Waals surface area contributed by atoms with E-state index in [1.807, 2.05) is 24.4 Å². The number of ether oxygens (including phenoxy) is 1. The van der Waals surface area contributed by atoms with Crippen molar-refractivity contribution in [2.75, 3.05) is 0 Å². The highest BCUT2D eigenvalue weighted by atomic mass is 16.5. The number of aryl methyl sites for hydroxylation is 1. The van der Waals surface area contributed by atoms with Gasteiger partial charge in [-0.1, -0.05) is 159 Å². The summed E-state index contributed by atoms with van der Waals surface area (Å²) in [4.78, 5) is 10.5. The van der Waals surface area contributed by atoms with Gasteiger partial charge >= 0.3 is 0 Å². The van der Waals surface area contributed by atoms with Gasteiger partial charge in [-0.05, 0) is 93.9 Å². The number of para-hydroxylation sites is 4. The number of pyridine rings is 1. The van der Waals surface area contributed by atoms with E-state index in [2.05, 4.69) is 221 Å². The van der Waals surface area contributed by atoms with Crippen molar-refractivity contribution in [1.82, 2.24) is 23.5 Å². The smallest absolute Gasteiger partial charge is 0.269 e. The maximum absolute atomic E-state index is 6.83. The van der Waals surface area contributed by atoms with Crippen LogP contribution in [0.3, 0.4) is 0 Å². The van der Waals surface area contributed by atoms with Crippen molar-refractivity contribution < 1.29 is 9.30 Å². The van der Waals surface area contributed by atoms with E-state index in [9.17, 15) is 0 Å². The van der Waals surface area contributed by atoms with Crippen molar-refractivity contribution in [2.45, 2.75) is 26.2 Å². The van der Waals surface area contributed by atoms with Crippen LogP contribution in [0.5, 0.6) is 11.5 Å². The molecule has 0 aliphatic heterocycles. The Morgan fingerprint density at radius 2 is 1.21 bits per heavy atom. The fourth-order valence-electron chi connectivity index (χ4n) is 10.3. The van der Waals surface area contributed by atoms with Crippen molar-refractivity contribution >= 4 is 38.9 Å². The van der Waals surface area contributed by atoms with Crippen LogP contribution < -0.4 is 9.30 Å². The van der Waals surface area contributed by atoms with Gasteiger partial charge in [0.05, 0.1) is 44.5 Å². The van der Waals surface area contributed by atoms with E-state index in [1.54, 1.807) is 0 Å². The first-order valence-electron chi connectivity index (χ1n) is 22.4. The minimum Gasteiger partial charge on any atom is -0.458 e. The van der Waals surface area contributed by atoms with Gasteiger partial charge in [-0.2, -0.15) is 0 Å². The van der Waals surface area contributed by atoms with Crippen LogP contribution in [0, 0.1) is 13.3 Å². The van der Waals surface area contributed by atoms with Gasteiger partial charge in [-0.3, -0.25) is 18.1 Å². The van der Waals surface area contributed by atoms with E-state index >= 15 is 0 Å². The highest BCUT2D eigenvalue weighted by Crippen LogP contribution is 2.49. The number of hydrogen-bond acceptors (Lipinski definition) is 3. The van der Waals surface area contributed by atoms with Gasteiger partial charge < -0.3 is 4.74 Å². The van der Waals surface area contributed by atoms with Crippen LogP contribution in [-0.2, 0) is 5.41 Å². The van der Waals surface area contributed by atoms with E-state index in [0.717, 1.165) is 83.9 Å². The van der Waals surface area contributed by atoms with Gasteiger partial charge in [0, 0.05) is 23.2 Å². The molecule has 4 aromatic heterocycles. The molecule has 4 heterocycles. The molecule has 0 radical (unpaired) electrons. The van der Waals surface area contributed by atoms with E-state index in [4.69, 9.17) is 14.7 Å². The normalized spacial score (nSPS) is 12.9. The molecule has 13 rings (SSSR count). The van der Waals surface area contributed by atoms with E-state index in [-0.39, 0.29) is 5.41 Å². The van der Waals surface area contributed by atoms with E-state index in [0.29, 0.717) is 11.5 Å². The lowest BCUT2D eigenvalue weighted by molar-refractivity contribution is -0.571. The van der Waals surface area contributed by atoms with Crippen LogP contribution in [0.4, 0.5) is 0 Å². The van der Waals surface area contributed by atoms with Crippen LogP contribution in [0.25, 0.3) is 89.5 Å². The Balaban J connectivity index is 0.938. The Kier molecular flexibility index (Phi) is 8.33. The molecule has 0 spiro atoms. The summed E-state index contributed by atoms with van der Waals surface area (Å²) in [6, 6.07) is 68.1. The highest BCUT2D eigenvalue weighted by Gasteiger charge is 2.36. The zero-order valence-corrected chi connectivity index (χ0v) is 36.6. The van der Waals surface area contributed by atoms with Crippen molar-refractivity contribution in [2.24, 2.45) is 0 Å². The second-order valence-electron chi connectivity index (χ2n) is 17.7. The zero-order valence-electron chi connectivity index (χ0n) is 36.6. The summed E-state index contributed by atoms with van der Waals surface area (Å²) >= 11 is 0. The van der Waals surface area contributed by atoms with Crippen LogP contribution >= 0.6 is 0 Å². The van der Waals surface area contributed by atoms with Crippen molar-refractivity contribution in [3.63, 3.8) is 0 Å². The summed E-state index contributed by atoms with van der Waals surface area (Å²) in [5.41, 5.74) is 18.5. The average Bonchev–Trinajstić information content (AvgIpc) is 4.09. The van der Waals surface area contributed by atoms with Gasteiger partial charge in [0.15, 0.2) is 0 Å². The molecule has 0 saturated carbocycles. The second-order valence-corrected chi connectivity index (χ2v) is 17.7. The third-order valence-corrected chi connectivity index (χ3v) is 13.5. The first-order valence-corrected chi connectivity index (χ1v) is 22.4. The molecule has 1 aliphatic carbocycles. The summed E-state index contributed by atoms with van der Waals surface area (Å²) < 4.78 is 15.6. The summed E-state index contributed by atoms with van der Waals surface area (Å²) in [6.07, 6.45) is 5.84. The molecule has 0 amide bonds. The lowest BCUT2D eigenvalue weighted by atomic mass is 9.83. The number of nitrogens with zero attached hydrogens (tertiary/aromatic N) is 6. The predicted molar refractivity (Wildman–Crippen MR) is 264 cm³/mol. The third kappa shape index (κ3) is 5.73. The Bertz CT molecular complexity index is 3840. The molecule has 66 heavy (non-hydrogen) atoms. The Morgan fingerprint density at radius 1 is 0.545 bits per heavy atom. The number of imidazole rings is 3. The topological polar surface area (TPSA) is 53.2 Å². The monoisotopic (exact) mass is 850 g/mol. The summed E-state index contributed by atoms with van der Waals surface area (Å²) in [5, 5.41) is 0. The molecule has 314 valence electrons. The van der Waals surface area contributed by atoms with Gasteiger partial charge in [-0.25, -0.2) is 9.97 Å². The lowest BCUT2D eigenvalue weighted by Gasteiger charge is -2.21. The number of hydrogen-bond donors (Lipinski definition) is 0. The maximum atomic E-state index is 6.83. The van der Waals surface area contributed by atoms with Crippen molar-refractivity contribution in [3.8, 4) is 62.1 Å². The molecule has 8 aromatic carbocycles. The minimum atomic E-state index is -0.184. The number of fused-ring (bicyclic) bond motifs is 9. The standard InChI is InChI=1S/C59H42N6O/c1-38-17-14-30-53-56(38)61-58-64(53)52-32-31-43(34-54(52)65(58)55-35-49-47(36-60-55)46-24-10-11-27-48(46)59(49,2)3)66-42-23-15-22-41(33-42)62-37-63(51-29-13-12-28-50(51)62)57-44(39-18-6-4-7-19-39)25-16-26-45(57)40-20-8-5-9-21-40/h4-36H,1-3H3. The molecule has 12 aromatic rings. The molecular weight excluding hydrogens is 809 g/mol. The van der Waals surface area contributed by atoms with Gasteiger partial charge in [0.25, 0.3) is 6.33 Å². The highest BCUT2D eigenvalue weighted by molar-refractivity contribution is 5.94. The van der Waals surface area contributed by atoms with Crippen molar-refractivity contribution in [3.05, 3.63) is 223 Å². The molecule has 0 bridgehead atoms. The molecule has 7 heteroatoms. The van der Waals surface area contributed by atoms with Gasteiger partial charge in [0.1, 0.15) is 17.3 Å². The maximum Gasteiger partial charge on any atom is 0.269 e. The molecule has 0 N–H and O–H groups in total. The SMILES string of the molecule is Cc1cccc2c1nc1n(-c3cc4c(cn3)-c3ccccc3C4(C)C)c3cc(Oc4cccc(-n5[c-][n+](-c6c(-c7ccccc7)cccc6-c6ccccc6)c6ccccc65)c4)ccc3n21.